The number of nitrogens with zero attached hydrogens (tertiary/aromatic N) is 2. The van der Waals surface area contributed by atoms with E-state index < -0.39 is 11.6 Å². The number of aromatic nitrogens is 1. The van der Waals surface area contributed by atoms with Crippen LogP contribution in [-0.4, -0.2) is 23.5 Å². The van der Waals surface area contributed by atoms with Crippen LogP contribution in [0.2, 0.25) is 0 Å². The van der Waals surface area contributed by atoms with Crippen molar-refractivity contribution in [3.63, 3.8) is 0 Å². The van der Waals surface area contributed by atoms with Crippen LogP contribution < -0.4 is 0 Å². The van der Waals surface area contributed by atoms with Crippen LogP contribution in [0.3, 0.4) is 0 Å². The van der Waals surface area contributed by atoms with Crippen molar-refractivity contribution in [2.45, 2.75) is 12.8 Å². The molecule has 0 bridgehead atoms. The summed E-state index contributed by atoms with van der Waals surface area (Å²) >= 11 is 1.18. The van der Waals surface area contributed by atoms with Gasteiger partial charge in [0.15, 0.2) is 5.78 Å². The molecule has 98 valence electrons. The maximum atomic E-state index is 13.6. The molecule has 1 unspecified atom stereocenters. The lowest BCUT2D eigenvalue weighted by atomic mass is 9.95. The van der Waals surface area contributed by atoms with Crippen LogP contribution in [0.1, 0.15) is 11.4 Å². The van der Waals surface area contributed by atoms with Crippen LogP contribution >= 0.6 is 11.3 Å². The summed E-state index contributed by atoms with van der Waals surface area (Å²) in [5.74, 6) is -1.31. The van der Waals surface area contributed by atoms with Crippen LogP contribution in [-0.2, 0) is 11.2 Å². The standard InChI is InChI=1S/C13H10F2N2OS/c14-8-4-9(15)13-10(5-8)17-12(19-13)3-7-1-2-16-6-11(7)18/h2,4-5,7H,1,3,6H2. The van der Waals surface area contributed by atoms with E-state index in [0.29, 0.717) is 28.1 Å². The Morgan fingerprint density at radius 3 is 3.00 bits per heavy atom. The second kappa shape index (κ2) is 4.77. The van der Waals surface area contributed by atoms with Gasteiger partial charge in [-0.3, -0.25) is 9.79 Å². The number of ketones is 1. The summed E-state index contributed by atoms with van der Waals surface area (Å²) in [4.78, 5) is 19.8. The van der Waals surface area contributed by atoms with E-state index in [1.807, 2.05) is 0 Å². The molecule has 0 radical (unpaired) electrons. The molecule has 0 fully saturated rings. The summed E-state index contributed by atoms with van der Waals surface area (Å²) in [5.41, 5.74) is 0.314. The first-order valence-corrected chi connectivity index (χ1v) is 6.70. The quantitative estimate of drug-likeness (QED) is 0.849. The van der Waals surface area contributed by atoms with Crippen molar-refractivity contribution in [1.82, 2.24) is 4.98 Å². The average Bonchev–Trinajstić information content (AvgIpc) is 2.75. The molecule has 0 saturated heterocycles. The minimum Gasteiger partial charge on any atom is -0.297 e. The number of halogens is 2. The van der Waals surface area contributed by atoms with E-state index in [9.17, 15) is 13.6 Å². The van der Waals surface area contributed by atoms with Gasteiger partial charge in [-0.1, -0.05) is 0 Å². The number of aliphatic imine (C=N–C) groups is 1. The zero-order valence-electron chi connectivity index (χ0n) is 9.90. The van der Waals surface area contributed by atoms with Crippen molar-refractivity contribution in [1.29, 1.82) is 0 Å². The molecule has 0 N–H and O–H groups in total. The number of Topliss-reactive ketones (excluding diaryl/α,β-unsaturated/α-hetero) is 1. The fraction of sp³-hybridized carbons (Fsp3) is 0.308. The molecule has 1 atom stereocenters. The maximum absolute atomic E-state index is 13.6. The van der Waals surface area contributed by atoms with Crippen molar-refractivity contribution in [3.8, 4) is 0 Å². The Labute approximate surface area is 112 Å². The van der Waals surface area contributed by atoms with E-state index in [1.54, 1.807) is 6.21 Å². The predicted molar refractivity (Wildman–Crippen MR) is 69.7 cm³/mol. The average molecular weight is 280 g/mol. The molecule has 2 aromatic rings. The lowest BCUT2D eigenvalue weighted by Crippen LogP contribution is -2.23. The van der Waals surface area contributed by atoms with Gasteiger partial charge >= 0.3 is 0 Å². The molecule has 19 heavy (non-hydrogen) atoms. The normalized spacial score (nSPS) is 19.3. The first kappa shape index (κ1) is 12.3. The van der Waals surface area contributed by atoms with Crippen LogP contribution in [0.4, 0.5) is 8.78 Å². The van der Waals surface area contributed by atoms with Crippen LogP contribution in [0.15, 0.2) is 17.1 Å². The second-order valence-corrected chi connectivity index (χ2v) is 5.55. The summed E-state index contributed by atoms with van der Waals surface area (Å²) in [6, 6.07) is 2.06. The lowest BCUT2D eigenvalue weighted by molar-refractivity contribution is -0.121. The Balaban J connectivity index is 1.91. The van der Waals surface area contributed by atoms with Gasteiger partial charge in [-0.25, -0.2) is 13.8 Å². The molecule has 1 aliphatic rings. The molecule has 0 amide bonds. The number of carbonyl (C=O) groups excluding carboxylic acids is 1. The van der Waals surface area contributed by atoms with Crippen LogP contribution in [0.5, 0.6) is 0 Å². The van der Waals surface area contributed by atoms with Gasteiger partial charge in [0.2, 0.25) is 0 Å². The van der Waals surface area contributed by atoms with Gasteiger partial charge in [-0.05, 0) is 12.6 Å². The largest absolute Gasteiger partial charge is 0.297 e. The summed E-state index contributed by atoms with van der Waals surface area (Å²) in [7, 11) is 0. The third-order valence-corrected chi connectivity index (χ3v) is 4.20. The summed E-state index contributed by atoms with van der Waals surface area (Å²) in [5, 5.41) is 0.660. The van der Waals surface area contributed by atoms with Crippen molar-refractivity contribution >= 4 is 33.6 Å². The highest BCUT2D eigenvalue weighted by Crippen LogP contribution is 2.28. The van der Waals surface area contributed by atoms with Crippen LogP contribution in [0, 0.1) is 17.6 Å². The molecule has 1 aromatic heterocycles. The summed E-state index contributed by atoms with van der Waals surface area (Å²) in [6.45, 7) is 0.207. The molecule has 3 nitrogen and oxygen atoms in total. The Hall–Kier alpha value is -1.69. The Morgan fingerprint density at radius 2 is 2.21 bits per heavy atom. The second-order valence-electron chi connectivity index (χ2n) is 4.47. The highest BCUT2D eigenvalue weighted by molar-refractivity contribution is 7.18. The molecular weight excluding hydrogens is 270 g/mol. The van der Waals surface area contributed by atoms with E-state index in [1.165, 1.54) is 17.4 Å². The smallest absolute Gasteiger partial charge is 0.158 e. The van der Waals surface area contributed by atoms with Crippen molar-refractivity contribution in [2.24, 2.45) is 10.9 Å². The fourth-order valence-corrected chi connectivity index (χ4v) is 3.15. The van der Waals surface area contributed by atoms with Gasteiger partial charge in [-0.15, -0.1) is 11.3 Å². The summed E-state index contributed by atoms with van der Waals surface area (Å²) in [6.07, 6.45) is 2.79. The first-order valence-electron chi connectivity index (χ1n) is 5.89. The first-order chi connectivity index (χ1) is 9.13. The highest BCUT2D eigenvalue weighted by atomic mass is 32.1. The van der Waals surface area contributed by atoms with Crippen molar-refractivity contribution < 1.29 is 13.6 Å². The van der Waals surface area contributed by atoms with Crippen molar-refractivity contribution in [2.75, 3.05) is 6.54 Å². The number of hydrogen-bond donors (Lipinski definition) is 0. The van der Waals surface area contributed by atoms with E-state index in [4.69, 9.17) is 0 Å². The molecule has 0 saturated carbocycles. The van der Waals surface area contributed by atoms with Crippen LogP contribution in [0.25, 0.3) is 10.2 Å². The molecule has 0 spiro atoms. The zero-order valence-corrected chi connectivity index (χ0v) is 10.7. The number of hydrogen-bond acceptors (Lipinski definition) is 4. The minimum absolute atomic E-state index is 0.0772. The third kappa shape index (κ3) is 2.40. The monoisotopic (exact) mass is 280 g/mol. The minimum atomic E-state index is -0.636. The predicted octanol–water partition coefficient (Wildman–Crippen LogP) is 2.78. The Bertz CT molecular complexity index is 681. The molecule has 1 aliphatic heterocycles. The molecule has 1 aromatic carbocycles. The number of thiazole rings is 1. The zero-order chi connectivity index (χ0) is 13.4. The molecule has 2 heterocycles. The van der Waals surface area contributed by atoms with Gasteiger partial charge < -0.3 is 0 Å². The van der Waals surface area contributed by atoms with Gasteiger partial charge in [0.25, 0.3) is 0 Å². The topological polar surface area (TPSA) is 42.3 Å². The lowest BCUT2D eigenvalue weighted by Gasteiger charge is -2.13. The van der Waals surface area contributed by atoms with Gasteiger partial charge in [-0.2, -0.15) is 0 Å². The molecular formula is C13H10F2N2OS. The Morgan fingerprint density at radius 1 is 1.37 bits per heavy atom. The van der Waals surface area contributed by atoms with E-state index >= 15 is 0 Å². The number of carbonyl (C=O) groups is 1. The number of fused-ring (bicyclic) bond motifs is 1. The molecule has 0 aliphatic carbocycles. The highest BCUT2D eigenvalue weighted by Gasteiger charge is 2.22. The molecule has 3 rings (SSSR count). The third-order valence-electron chi connectivity index (χ3n) is 3.10. The molecule has 6 heteroatoms. The number of benzene rings is 1. The van der Waals surface area contributed by atoms with E-state index in [2.05, 4.69) is 9.98 Å². The van der Waals surface area contributed by atoms with Gasteiger partial charge in [0, 0.05) is 24.5 Å². The fourth-order valence-electron chi connectivity index (χ4n) is 2.12. The Kier molecular flexibility index (Phi) is 3.10. The maximum Gasteiger partial charge on any atom is 0.158 e. The van der Waals surface area contributed by atoms with Gasteiger partial charge in [0.1, 0.15) is 11.6 Å². The van der Waals surface area contributed by atoms with E-state index in [0.717, 1.165) is 6.07 Å². The van der Waals surface area contributed by atoms with Gasteiger partial charge in [0.05, 0.1) is 21.8 Å². The van der Waals surface area contributed by atoms with E-state index in [-0.39, 0.29) is 18.2 Å². The SMILES string of the molecule is O=C1CN=CCC1Cc1nc2cc(F)cc(F)c2s1. The summed E-state index contributed by atoms with van der Waals surface area (Å²) < 4.78 is 27.0. The number of rotatable bonds is 2. The van der Waals surface area contributed by atoms with Crippen molar-refractivity contribution in [3.05, 3.63) is 28.8 Å².